The van der Waals surface area contributed by atoms with E-state index in [0.29, 0.717) is 18.5 Å². The van der Waals surface area contributed by atoms with Gasteiger partial charge in [-0.25, -0.2) is 0 Å². The van der Waals surface area contributed by atoms with Crippen LogP contribution in [0, 0.1) is 5.41 Å². The van der Waals surface area contributed by atoms with Gasteiger partial charge in [-0.15, -0.1) is 0 Å². The van der Waals surface area contributed by atoms with Crippen LogP contribution in [0.25, 0.3) is 0 Å². The van der Waals surface area contributed by atoms with Crippen molar-refractivity contribution in [1.82, 2.24) is 0 Å². The van der Waals surface area contributed by atoms with Crippen molar-refractivity contribution in [3.8, 4) is 0 Å². The second-order valence-corrected chi connectivity index (χ2v) is 6.29. The van der Waals surface area contributed by atoms with Crippen LogP contribution in [0.3, 0.4) is 0 Å². The topological polar surface area (TPSA) is 66.4 Å². The minimum Gasteiger partial charge on any atom is -0.481 e. The average Bonchev–Trinajstić information content (AvgIpc) is 2.42. The van der Waals surface area contributed by atoms with Crippen LogP contribution in [-0.4, -0.2) is 17.0 Å². The molecule has 0 atom stereocenters. The van der Waals surface area contributed by atoms with Gasteiger partial charge in [0.2, 0.25) is 5.91 Å². The summed E-state index contributed by atoms with van der Waals surface area (Å²) in [5.74, 6) is -1.07. The standard InChI is InChI=1S/C15H18BrNO3/c16-11-4-6-12(7-5-11)17-13(18)10-15(14(19)20)8-2-1-3-9-15/h4-7H,1-3,8-10H2,(H,17,18)(H,19,20). The lowest BCUT2D eigenvalue weighted by atomic mass is 9.71. The molecule has 1 amide bonds. The van der Waals surface area contributed by atoms with E-state index in [-0.39, 0.29) is 12.3 Å². The Bertz CT molecular complexity index is 492. The van der Waals surface area contributed by atoms with Gasteiger partial charge in [-0.05, 0) is 37.1 Å². The molecule has 4 nitrogen and oxygen atoms in total. The quantitative estimate of drug-likeness (QED) is 0.876. The van der Waals surface area contributed by atoms with Crippen LogP contribution >= 0.6 is 15.9 Å². The van der Waals surface area contributed by atoms with Crippen molar-refractivity contribution in [3.05, 3.63) is 28.7 Å². The number of nitrogens with one attached hydrogen (secondary N) is 1. The zero-order valence-corrected chi connectivity index (χ0v) is 12.8. The number of anilines is 1. The van der Waals surface area contributed by atoms with Crippen molar-refractivity contribution in [1.29, 1.82) is 0 Å². The predicted molar refractivity (Wildman–Crippen MR) is 80.5 cm³/mol. The smallest absolute Gasteiger partial charge is 0.310 e. The number of benzene rings is 1. The summed E-state index contributed by atoms with van der Waals surface area (Å²) < 4.78 is 0.935. The molecule has 1 aliphatic carbocycles. The Morgan fingerprint density at radius 1 is 1.15 bits per heavy atom. The van der Waals surface area contributed by atoms with Crippen LogP contribution in [0.2, 0.25) is 0 Å². The first-order valence-corrected chi connectivity index (χ1v) is 7.60. The molecule has 0 bridgehead atoms. The lowest BCUT2D eigenvalue weighted by Crippen LogP contribution is -2.37. The first kappa shape index (κ1) is 15.0. The molecule has 108 valence electrons. The van der Waals surface area contributed by atoms with Crippen LogP contribution in [0.15, 0.2) is 28.7 Å². The molecule has 0 aliphatic heterocycles. The number of carbonyl (C=O) groups is 2. The summed E-state index contributed by atoms with van der Waals surface area (Å²) in [6, 6.07) is 7.25. The van der Waals surface area contributed by atoms with E-state index in [0.717, 1.165) is 23.7 Å². The predicted octanol–water partition coefficient (Wildman–Crippen LogP) is 3.81. The van der Waals surface area contributed by atoms with E-state index in [1.807, 2.05) is 12.1 Å². The van der Waals surface area contributed by atoms with E-state index in [9.17, 15) is 14.7 Å². The number of hydrogen-bond donors (Lipinski definition) is 2. The second kappa shape index (κ2) is 6.39. The second-order valence-electron chi connectivity index (χ2n) is 5.38. The summed E-state index contributed by atoms with van der Waals surface area (Å²) in [6.07, 6.45) is 4.07. The minimum absolute atomic E-state index is 0.0540. The van der Waals surface area contributed by atoms with Crippen LogP contribution in [0.1, 0.15) is 38.5 Å². The van der Waals surface area contributed by atoms with Crippen LogP contribution < -0.4 is 5.32 Å². The summed E-state index contributed by atoms with van der Waals surface area (Å²) in [6.45, 7) is 0. The van der Waals surface area contributed by atoms with Gasteiger partial charge in [0, 0.05) is 16.6 Å². The van der Waals surface area contributed by atoms with Gasteiger partial charge in [0.15, 0.2) is 0 Å². The fraction of sp³-hybridized carbons (Fsp3) is 0.467. The highest BCUT2D eigenvalue weighted by Crippen LogP contribution is 2.39. The number of aliphatic carboxylic acids is 1. The third-order valence-corrected chi connectivity index (χ3v) is 4.42. The van der Waals surface area contributed by atoms with Gasteiger partial charge in [-0.2, -0.15) is 0 Å². The molecule has 2 N–H and O–H groups in total. The maximum absolute atomic E-state index is 12.1. The average molecular weight is 340 g/mol. The zero-order chi connectivity index (χ0) is 14.6. The van der Waals surface area contributed by atoms with Crippen molar-refractivity contribution >= 4 is 33.5 Å². The Kier molecular flexibility index (Phi) is 4.81. The molecule has 1 aliphatic rings. The van der Waals surface area contributed by atoms with Gasteiger partial charge in [-0.3, -0.25) is 9.59 Å². The molecular weight excluding hydrogens is 322 g/mol. The van der Waals surface area contributed by atoms with E-state index in [1.165, 1.54) is 0 Å². The SMILES string of the molecule is O=C(CC1(C(=O)O)CCCCC1)Nc1ccc(Br)cc1. The van der Waals surface area contributed by atoms with Crippen molar-refractivity contribution in [2.45, 2.75) is 38.5 Å². The van der Waals surface area contributed by atoms with Crippen LogP contribution in [0.4, 0.5) is 5.69 Å². The molecule has 2 rings (SSSR count). The van der Waals surface area contributed by atoms with Crippen molar-refractivity contribution in [2.24, 2.45) is 5.41 Å². The van der Waals surface area contributed by atoms with Gasteiger partial charge < -0.3 is 10.4 Å². The van der Waals surface area contributed by atoms with Gasteiger partial charge >= 0.3 is 5.97 Å². The Balaban J connectivity index is 2.01. The number of halogens is 1. The number of carbonyl (C=O) groups excluding carboxylic acids is 1. The molecule has 0 unspecified atom stereocenters. The fourth-order valence-corrected chi connectivity index (χ4v) is 3.00. The van der Waals surface area contributed by atoms with Gasteiger partial charge in [0.25, 0.3) is 0 Å². The van der Waals surface area contributed by atoms with Crippen molar-refractivity contribution in [2.75, 3.05) is 5.32 Å². The number of amides is 1. The molecule has 1 aromatic carbocycles. The zero-order valence-electron chi connectivity index (χ0n) is 11.2. The Morgan fingerprint density at radius 3 is 2.30 bits per heavy atom. The van der Waals surface area contributed by atoms with Crippen LogP contribution in [-0.2, 0) is 9.59 Å². The first-order chi connectivity index (χ1) is 9.52. The van der Waals surface area contributed by atoms with E-state index in [4.69, 9.17) is 0 Å². The molecule has 0 aromatic heterocycles. The lowest BCUT2D eigenvalue weighted by Gasteiger charge is -2.32. The molecule has 1 fully saturated rings. The lowest BCUT2D eigenvalue weighted by molar-refractivity contribution is -0.153. The molecule has 5 heteroatoms. The summed E-state index contributed by atoms with van der Waals surface area (Å²) >= 11 is 3.33. The molecule has 1 aromatic rings. The summed E-state index contributed by atoms with van der Waals surface area (Å²) in [7, 11) is 0. The normalized spacial score (nSPS) is 17.4. The Hall–Kier alpha value is -1.36. The number of rotatable bonds is 4. The summed E-state index contributed by atoms with van der Waals surface area (Å²) in [5.41, 5.74) is -0.188. The molecule has 1 saturated carbocycles. The van der Waals surface area contributed by atoms with Crippen LogP contribution in [0.5, 0.6) is 0 Å². The maximum atomic E-state index is 12.1. The largest absolute Gasteiger partial charge is 0.481 e. The van der Waals surface area contributed by atoms with Gasteiger partial charge in [0.05, 0.1) is 5.41 Å². The number of carboxylic acid groups (broad SMARTS) is 1. The Labute approximate surface area is 126 Å². The molecule has 0 spiro atoms. The summed E-state index contributed by atoms with van der Waals surface area (Å²) in [4.78, 5) is 23.6. The van der Waals surface area contributed by atoms with Gasteiger partial charge in [0.1, 0.15) is 0 Å². The number of carboxylic acids is 1. The fourth-order valence-electron chi connectivity index (χ4n) is 2.74. The van der Waals surface area contributed by atoms with Crippen molar-refractivity contribution in [3.63, 3.8) is 0 Å². The molecule has 0 radical (unpaired) electrons. The Morgan fingerprint density at radius 2 is 1.75 bits per heavy atom. The highest BCUT2D eigenvalue weighted by atomic mass is 79.9. The highest BCUT2D eigenvalue weighted by molar-refractivity contribution is 9.10. The molecule has 0 heterocycles. The van der Waals surface area contributed by atoms with E-state index in [2.05, 4.69) is 21.2 Å². The first-order valence-electron chi connectivity index (χ1n) is 6.81. The van der Waals surface area contributed by atoms with Crippen molar-refractivity contribution < 1.29 is 14.7 Å². The monoisotopic (exact) mass is 339 g/mol. The third kappa shape index (κ3) is 3.60. The molecule has 0 saturated heterocycles. The van der Waals surface area contributed by atoms with E-state index in [1.54, 1.807) is 12.1 Å². The number of hydrogen-bond acceptors (Lipinski definition) is 2. The summed E-state index contributed by atoms with van der Waals surface area (Å²) in [5, 5.41) is 12.2. The maximum Gasteiger partial charge on any atom is 0.310 e. The van der Waals surface area contributed by atoms with Gasteiger partial charge in [-0.1, -0.05) is 35.2 Å². The van der Waals surface area contributed by atoms with E-state index >= 15 is 0 Å². The third-order valence-electron chi connectivity index (χ3n) is 3.89. The molecular formula is C15H18BrNO3. The molecule has 20 heavy (non-hydrogen) atoms. The highest BCUT2D eigenvalue weighted by Gasteiger charge is 2.41. The van der Waals surface area contributed by atoms with E-state index < -0.39 is 11.4 Å². The minimum atomic E-state index is -0.877.